The minimum Gasteiger partial charge on any atom is -0.355 e. The average molecular weight is 389 g/mol. The Bertz CT molecular complexity index is 598. The summed E-state index contributed by atoms with van der Waals surface area (Å²) >= 11 is 6.07. The van der Waals surface area contributed by atoms with Gasteiger partial charge >= 0.3 is 0 Å². The van der Waals surface area contributed by atoms with Gasteiger partial charge in [-0.05, 0) is 44.0 Å². The van der Waals surface area contributed by atoms with Crippen molar-refractivity contribution >= 4 is 41.5 Å². The van der Waals surface area contributed by atoms with E-state index < -0.39 is 0 Å². The van der Waals surface area contributed by atoms with Gasteiger partial charge in [0.1, 0.15) is 0 Å². The van der Waals surface area contributed by atoms with Crippen LogP contribution in [-0.2, 0) is 9.59 Å². The van der Waals surface area contributed by atoms with Gasteiger partial charge in [0.25, 0.3) is 0 Å². The van der Waals surface area contributed by atoms with E-state index in [1.54, 1.807) is 6.07 Å². The van der Waals surface area contributed by atoms with Gasteiger partial charge in [0.05, 0.1) is 12.5 Å². The van der Waals surface area contributed by atoms with Gasteiger partial charge in [-0.3, -0.25) is 14.5 Å². The molecule has 0 aromatic heterocycles. The molecule has 1 aromatic rings. The number of likely N-dealkylation sites (tertiary alicyclic amines) is 1. The van der Waals surface area contributed by atoms with Crippen molar-refractivity contribution in [2.24, 2.45) is 11.7 Å². The van der Waals surface area contributed by atoms with Gasteiger partial charge in [-0.25, -0.2) is 0 Å². The van der Waals surface area contributed by atoms with Crippen molar-refractivity contribution < 1.29 is 9.59 Å². The molecule has 0 bridgehead atoms. The summed E-state index contributed by atoms with van der Waals surface area (Å²) in [6, 6.07) is 5.43. The highest BCUT2D eigenvalue weighted by atomic mass is 35.5. The Morgan fingerprint density at radius 3 is 2.88 bits per heavy atom. The first-order valence-corrected chi connectivity index (χ1v) is 8.64. The molecule has 0 radical (unpaired) electrons. The Morgan fingerprint density at radius 1 is 1.40 bits per heavy atom. The molecule has 0 aliphatic carbocycles. The van der Waals surface area contributed by atoms with Gasteiger partial charge in [0, 0.05) is 30.3 Å². The SMILES string of the molecule is Cc1c(Cl)cccc1NC(=O)CN1CCCC(C(=O)NCCN)C1.Cl. The number of carbonyl (C=O) groups is 2. The largest absolute Gasteiger partial charge is 0.355 e. The average Bonchev–Trinajstić information content (AvgIpc) is 2.57. The van der Waals surface area contributed by atoms with Crippen molar-refractivity contribution in [3.05, 3.63) is 28.8 Å². The fourth-order valence-electron chi connectivity index (χ4n) is 2.89. The molecule has 1 aliphatic heterocycles. The minimum atomic E-state index is -0.0941. The summed E-state index contributed by atoms with van der Waals surface area (Å²) in [4.78, 5) is 26.4. The van der Waals surface area contributed by atoms with E-state index in [9.17, 15) is 9.59 Å². The van der Waals surface area contributed by atoms with Crippen LogP contribution in [0.5, 0.6) is 0 Å². The number of amides is 2. The van der Waals surface area contributed by atoms with Crippen LogP contribution in [0.25, 0.3) is 0 Å². The van der Waals surface area contributed by atoms with Gasteiger partial charge in [-0.2, -0.15) is 0 Å². The predicted octanol–water partition coefficient (Wildman–Crippen LogP) is 1.80. The highest BCUT2D eigenvalue weighted by Crippen LogP contribution is 2.23. The first kappa shape index (κ1) is 21.7. The minimum absolute atomic E-state index is 0. The topological polar surface area (TPSA) is 87.5 Å². The molecule has 140 valence electrons. The van der Waals surface area contributed by atoms with E-state index >= 15 is 0 Å². The van der Waals surface area contributed by atoms with Crippen LogP contribution in [0.1, 0.15) is 18.4 Å². The number of rotatable bonds is 6. The fraction of sp³-hybridized carbons (Fsp3) is 0.529. The zero-order valence-electron chi connectivity index (χ0n) is 14.4. The van der Waals surface area contributed by atoms with Crippen molar-refractivity contribution in [3.8, 4) is 0 Å². The molecule has 1 atom stereocenters. The maximum atomic E-state index is 12.3. The second kappa shape index (κ2) is 10.6. The number of anilines is 1. The van der Waals surface area contributed by atoms with E-state index in [1.165, 1.54) is 0 Å². The summed E-state index contributed by atoms with van der Waals surface area (Å²) in [6.45, 7) is 4.48. The normalized spacial score (nSPS) is 17.5. The molecule has 8 heteroatoms. The summed E-state index contributed by atoms with van der Waals surface area (Å²) in [5.41, 5.74) is 6.98. The number of nitrogens with two attached hydrogens (primary N) is 1. The number of piperidine rings is 1. The molecule has 2 amide bonds. The molecule has 25 heavy (non-hydrogen) atoms. The summed E-state index contributed by atoms with van der Waals surface area (Å²) in [7, 11) is 0. The van der Waals surface area contributed by atoms with Crippen LogP contribution in [0, 0.1) is 12.8 Å². The lowest BCUT2D eigenvalue weighted by atomic mass is 9.97. The van der Waals surface area contributed by atoms with Crippen LogP contribution in [0.2, 0.25) is 5.02 Å². The van der Waals surface area contributed by atoms with Gasteiger partial charge in [0.15, 0.2) is 0 Å². The molecule has 1 aliphatic rings. The number of halogens is 2. The Morgan fingerprint density at radius 2 is 2.16 bits per heavy atom. The summed E-state index contributed by atoms with van der Waals surface area (Å²) in [6.07, 6.45) is 1.76. The van der Waals surface area contributed by atoms with Gasteiger partial charge in [-0.1, -0.05) is 17.7 Å². The molecule has 2 rings (SSSR count). The fourth-order valence-corrected chi connectivity index (χ4v) is 3.06. The molecule has 1 fully saturated rings. The molecule has 0 spiro atoms. The Hall–Kier alpha value is -1.34. The van der Waals surface area contributed by atoms with Crippen LogP contribution in [0.3, 0.4) is 0 Å². The van der Waals surface area contributed by atoms with E-state index in [1.807, 2.05) is 24.0 Å². The van der Waals surface area contributed by atoms with Crippen LogP contribution in [-0.4, -0.2) is 49.4 Å². The summed E-state index contributed by atoms with van der Waals surface area (Å²) in [5.74, 6) is -0.148. The van der Waals surface area contributed by atoms with E-state index in [4.69, 9.17) is 17.3 Å². The highest BCUT2D eigenvalue weighted by Gasteiger charge is 2.26. The lowest BCUT2D eigenvalue weighted by Crippen LogP contribution is -2.46. The maximum Gasteiger partial charge on any atom is 0.238 e. The third kappa shape index (κ3) is 6.47. The first-order valence-electron chi connectivity index (χ1n) is 8.26. The summed E-state index contributed by atoms with van der Waals surface area (Å²) < 4.78 is 0. The third-order valence-corrected chi connectivity index (χ3v) is 4.64. The Balaban J connectivity index is 0.00000312. The van der Waals surface area contributed by atoms with Gasteiger partial charge in [-0.15, -0.1) is 12.4 Å². The number of hydrogen-bond donors (Lipinski definition) is 3. The number of nitrogens with zero attached hydrogens (tertiary/aromatic N) is 1. The molecule has 0 saturated carbocycles. The van der Waals surface area contributed by atoms with Crippen LogP contribution < -0.4 is 16.4 Å². The zero-order chi connectivity index (χ0) is 17.5. The summed E-state index contributed by atoms with van der Waals surface area (Å²) in [5, 5.41) is 6.35. The molecular weight excluding hydrogens is 363 g/mol. The molecule has 1 saturated heterocycles. The quantitative estimate of drug-likeness (QED) is 0.693. The van der Waals surface area contributed by atoms with E-state index in [0.29, 0.717) is 24.7 Å². The molecule has 1 heterocycles. The Kier molecular flexibility index (Phi) is 9.21. The molecule has 4 N–H and O–H groups in total. The van der Waals surface area contributed by atoms with Crippen LogP contribution in [0.4, 0.5) is 5.69 Å². The number of carbonyl (C=O) groups excluding carboxylic acids is 2. The maximum absolute atomic E-state index is 12.3. The predicted molar refractivity (Wildman–Crippen MR) is 103 cm³/mol. The monoisotopic (exact) mass is 388 g/mol. The number of nitrogens with one attached hydrogen (secondary N) is 2. The van der Waals surface area contributed by atoms with Gasteiger partial charge in [0.2, 0.25) is 11.8 Å². The smallest absolute Gasteiger partial charge is 0.238 e. The van der Waals surface area contributed by atoms with Crippen molar-refractivity contribution in [3.63, 3.8) is 0 Å². The second-order valence-corrected chi connectivity index (χ2v) is 6.52. The lowest BCUT2D eigenvalue weighted by molar-refractivity contribution is -0.127. The zero-order valence-corrected chi connectivity index (χ0v) is 16.0. The van der Waals surface area contributed by atoms with Gasteiger partial charge < -0.3 is 16.4 Å². The van der Waals surface area contributed by atoms with E-state index in [-0.39, 0.29) is 36.7 Å². The second-order valence-electron chi connectivity index (χ2n) is 6.11. The van der Waals surface area contributed by atoms with E-state index in [0.717, 1.165) is 30.6 Å². The first-order chi connectivity index (χ1) is 11.5. The van der Waals surface area contributed by atoms with Crippen molar-refractivity contribution in [1.29, 1.82) is 0 Å². The number of benzene rings is 1. The Labute approximate surface area is 159 Å². The number of hydrogen-bond acceptors (Lipinski definition) is 4. The van der Waals surface area contributed by atoms with Crippen LogP contribution >= 0.6 is 24.0 Å². The molecular formula is C17H26Cl2N4O2. The highest BCUT2D eigenvalue weighted by molar-refractivity contribution is 6.31. The van der Waals surface area contributed by atoms with Crippen LogP contribution in [0.15, 0.2) is 18.2 Å². The van der Waals surface area contributed by atoms with E-state index in [2.05, 4.69) is 10.6 Å². The van der Waals surface area contributed by atoms with Crippen molar-refractivity contribution in [2.45, 2.75) is 19.8 Å². The third-order valence-electron chi connectivity index (χ3n) is 4.23. The molecule has 1 unspecified atom stereocenters. The standard InChI is InChI=1S/C17H25ClN4O2.ClH/c1-12-14(18)5-2-6-15(12)21-16(23)11-22-9-3-4-13(10-22)17(24)20-8-7-19;/h2,5-6,13H,3-4,7-11,19H2,1H3,(H,20,24)(H,21,23);1H. The lowest BCUT2D eigenvalue weighted by Gasteiger charge is -2.31. The molecule has 6 nitrogen and oxygen atoms in total. The molecule has 1 aromatic carbocycles. The van der Waals surface area contributed by atoms with Crippen molar-refractivity contribution in [1.82, 2.24) is 10.2 Å². The van der Waals surface area contributed by atoms with Crippen molar-refractivity contribution in [2.75, 3.05) is 38.0 Å².